The zero-order chi connectivity index (χ0) is 9.02. The molecule has 3 nitrogen and oxygen atoms in total. The van der Waals surface area contributed by atoms with Crippen LogP contribution in [0.15, 0.2) is 0 Å². The van der Waals surface area contributed by atoms with Crippen molar-refractivity contribution in [2.75, 3.05) is 14.2 Å². The second-order valence-corrected chi connectivity index (χ2v) is 2.66. The molecule has 0 aliphatic rings. The molecule has 0 N–H and O–H groups in total. The van der Waals surface area contributed by atoms with Gasteiger partial charge in [-0.1, -0.05) is 13.8 Å². The van der Waals surface area contributed by atoms with Crippen LogP contribution < -0.4 is 0 Å². The molecule has 0 rings (SSSR count). The number of hydrogen-bond acceptors (Lipinski definition) is 2. The maximum atomic E-state index is 12.9. The highest BCUT2D eigenvalue weighted by atomic mass is 19.1. The van der Waals surface area contributed by atoms with E-state index in [2.05, 4.69) is 4.84 Å². The second-order valence-electron chi connectivity index (χ2n) is 2.66. The van der Waals surface area contributed by atoms with Crippen molar-refractivity contribution in [1.29, 1.82) is 0 Å². The minimum atomic E-state index is -1.47. The molecule has 11 heavy (non-hydrogen) atoms. The predicted molar refractivity (Wildman–Crippen MR) is 39.5 cm³/mol. The van der Waals surface area contributed by atoms with Crippen LogP contribution in [0.2, 0.25) is 0 Å². The Morgan fingerprint density at radius 2 is 2.00 bits per heavy atom. The van der Waals surface area contributed by atoms with Crippen molar-refractivity contribution in [2.24, 2.45) is 5.92 Å². The van der Waals surface area contributed by atoms with Crippen LogP contribution in [0, 0.1) is 5.92 Å². The first-order valence-electron chi connectivity index (χ1n) is 3.46. The molecule has 4 heteroatoms. The third-order valence-corrected chi connectivity index (χ3v) is 1.41. The van der Waals surface area contributed by atoms with Crippen molar-refractivity contribution >= 4 is 5.91 Å². The van der Waals surface area contributed by atoms with Gasteiger partial charge < -0.3 is 0 Å². The van der Waals surface area contributed by atoms with Gasteiger partial charge >= 0.3 is 0 Å². The lowest BCUT2D eigenvalue weighted by molar-refractivity contribution is -0.175. The van der Waals surface area contributed by atoms with Crippen LogP contribution in [-0.4, -0.2) is 31.3 Å². The molecule has 0 aliphatic heterocycles. The molecule has 0 radical (unpaired) electrons. The molecule has 0 aromatic rings. The first kappa shape index (κ1) is 10.4. The molecule has 0 bridgehead atoms. The molecule has 0 heterocycles. The molecular weight excluding hydrogens is 149 g/mol. The summed E-state index contributed by atoms with van der Waals surface area (Å²) in [6.07, 6.45) is -1.47. The molecule has 1 amide bonds. The average molecular weight is 163 g/mol. The molecule has 0 saturated carbocycles. The maximum Gasteiger partial charge on any atom is 0.280 e. The standard InChI is InChI=1S/C7H14FNO2/c1-5(2)6(8)7(10)9(3)11-4/h5-6H,1-4H3. The van der Waals surface area contributed by atoms with E-state index in [9.17, 15) is 9.18 Å². The van der Waals surface area contributed by atoms with E-state index >= 15 is 0 Å². The molecule has 0 spiro atoms. The number of rotatable bonds is 3. The second kappa shape index (κ2) is 4.28. The average Bonchev–Trinajstić information content (AvgIpc) is 2.00. The summed E-state index contributed by atoms with van der Waals surface area (Å²) < 4.78 is 12.9. The van der Waals surface area contributed by atoms with Crippen molar-refractivity contribution in [1.82, 2.24) is 5.06 Å². The molecule has 0 aromatic heterocycles. The normalized spacial score (nSPS) is 13.3. The third-order valence-electron chi connectivity index (χ3n) is 1.41. The number of halogens is 1. The Morgan fingerprint density at radius 1 is 1.55 bits per heavy atom. The van der Waals surface area contributed by atoms with Crippen LogP contribution in [0.5, 0.6) is 0 Å². The van der Waals surface area contributed by atoms with Crippen LogP contribution in [-0.2, 0) is 9.63 Å². The lowest BCUT2D eigenvalue weighted by Crippen LogP contribution is -2.35. The van der Waals surface area contributed by atoms with E-state index < -0.39 is 12.1 Å². The van der Waals surface area contributed by atoms with Crippen molar-refractivity contribution in [3.8, 4) is 0 Å². The van der Waals surface area contributed by atoms with Crippen molar-refractivity contribution < 1.29 is 14.0 Å². The van der Waals surface area contributed by atoms with Crippen molar-refractivity contribution in [3.63, 3.8) is 0 Å². The van der Waals surface area contributed by atoms with E-state index in [0.29, 0.717) is 0 Å². The first-order valence-corrected chi connectivity index (χ1v) is 3.46. The lowest BCUT2D eigenvalue weighted by atomic mass is 10.1. The van der Waals surface area contributed by atoms with Gasteiger partial charge in [-0.05, 0) is 5.92 Å². The third kappa shape index (κ3) is 2.84. The largest absolute Gasteiger partial charge is 0.280 e. The van der Waals surface area contributed by atoms with Crippen LogP contribution >= 0.6 is 0 Å². The topological polar surface area (TPSA) is 29.5 Å². The van der Waals surface area contributed by atoms with Crippen LogP contribution in [0.3, 0.4) is 0 Å². The summed E-state index contributed by atoms with van der Waals surface area (Å²) in [4.78, 5) is 15.5. The highest BCUT2D eigenvalue weighted by molar-refractivity contribution is 5.79. The molecule has 1 atom stereocenters. The SMILES string of the molecule is CON(C)C(=O)C(F)C(C)C. The number of hydrogen-bond donors (Lipinski definition) is 0. The fourth-order valence-corrected chi connectivity index (χ4v) is 0.549. The molecule has 66 valence electrons. The summed E-state index contributed by atoms with van der Waals surface area (Å²) in [5.41, 5.74) is 0. The fourth-order valence-electron chi connectivity index (χ4n) is 0.549. The fraction of sp³-hybridized carbons (Fsp3) is 0.857. The van der Waals surface area contributed by atoms with E-state index in [0.717, 1.165) is 5.06 Å². The molecule has 1 unspecified atom stereocenters. The number of amides is 1. The minimum absolute atomic E-state index is 0.305. The summed E-state index contributed by atoms with van der Waals surface area (Å²) in [5.74, 6) is -0.942. The van der Waals surface area contributed by atoms with Gasteiger partial charge in [-0.2, -0.15) is 0 Å². The smallest absolute Gasteiger partial charge is 0.274 e. The Kier molecular flexibility index (Phi) is 4.03. The summed E-state index contributed by atoms with van der Waals surface area (Å²) >= 11 is 0. The summed E-state index contributed by atoms with van der Waals surface area (Å²) in [7, 11) is 2.71. The highest BCUT2D eigenvalue weighted by Crippen LogP contribution is 2.08. The van der Waals surface area contributed by atoms with Gasteiger partial charge in [0, 0.05) is 7.05 Å². The first-order chi connectivity index (χ1) is 5.00. The van der Waals surface area contributed by atoms with E-state index in [-0.39, 0.29) is 5.92 Å². The summed E-state index contributed by atoms with van der Waals surface area (Å²) in [6, 6.07) is 0. The molecule has 0 aliphatic carbocycles. The molecular formula is C7H14FNO2. The minimum Gasteiger partial charge on any atom is -0.274 e. The Labute approximate surface area is 66.1 Å². The van der Waals surface area contributed by atoms with E-state index in [1.54, 1.807) is 13.8 Å². The van der Waals surface area contributed by atoms with Gasteiger partial charge in [-0.3, -0.25) is 9.63 Å². The zero-order valence-corrected chi connectivity index (χ0v) is 7.30. The molecule has 0 fully saturated rings. The molecule has 0 aromatic carbocycles. The Balaban J connectivity index is 4.02. The molecule has 0 saturated heterocycles. The van der Waals surface area contributed by atoms with Crippen molar-refractivity contribution in [2.45, 2.75) is 20.0 Å². The number of alkyl halides is 1. The monoisotopic (exact) mass is 163 g/mol. The van der Waals surface area contributed by atoms with E-state index in [1.807, 2.05) is 0 Å². The van der Waals surface area contributed by atoms with Crippen LogP contribution in [0.25, 0.3) is 0 Å². The van der Waals surface area contributed by atoms with Crippen molar-refractivity contribution in [3.05, 3.63) is 0 Å². The van der Waals surface area contributed by atoms with Gasteiger partial charge in [0.05, 0.1) is 7.11 Å². The van der Waals surface area contributed by atoms with Crippen LogP contribution in [0.4, 0.5) is 4.39 Å². The summed E-state index contributed by atoms with van der Waals surface area (Å²) in [6.45, 7) is 3.29. The lowest BCUT2D eigenvalue weighted by Gasteiger charge is -2.18. The van der Waals surface area contributed by atoms with Gasteiger partial charge in [-0.25, -0.2) is 9.45 Å². The Hall–Kier alpha value is -0.640. The van der Waals surface area contributed by atoms with Crippen LogP contribution in [0.1, 0.15) is 13.8 Å². The van der Waals surface area contributed by atoms with E-state index in [1.165, 1.54) is 14.2 Å². The van der Waals surface area contributed by atoms with Gasteiger partial charge in [0.15, 0.2) is 6.17 Å². The maximum absolute atomic E-state index is 12.9. The Morgan fingerprint density at radius 3 is 2.27 bits per heavy atom. The van der Waals surface area contributed by atoms with Gasteiger partial charge in [0.25, 0.3) is 5.91 Å². The highest BCUT2D eigenvalue weighted by Gasteiger charge is 2.24. The Bertz CT molecular complexity index is 138. The number of carbonyl (C=O) groups excluding carboxylic acids is 1. The van der Waals surface area contributed by atoms with Gasteiger partial charge in [0.1, 0.15) is 0 Å². The quantitative estimate of drug-likeness (QED) is 0.581. The van der Waals surface area contributed by atoms with E-state index in [4.69, 9.17) is 0 Å². The number of nitrogens with zero attached hydrogens (tertiary/aromatic N) is 1. The zero-order valence-electron chi connectivity index (χ0n) is 7.30. The summed E-state index contributed by atoms with van der Waals surface area (Å²) in [5, 5.41) is 0.894. The predicted octanol–water partition coefficient (Wildman–Crippen LogP) is 1.00. The van der Waals surface area contributed by atoms with Gasteiger partial charge in [0.2, 0.25) is 0 Å². The number of hydroxylamine groups is 2. The number of carbonyl (C=O) groups is 1. The van der Waals surface area contributed by atoms with Gasteiger partial charge in [-0.15, -0.1) is 0 Å².